The van der Waals surface area contributed by atoms with Crippen LogP contribution in [0.15, 0.2) is 23.0 Å². The van der Waals surface area contributed by atoms with E-state index < -0.39 is 0 Å². The number of nitrogens with one attached hydrogen (secondary N) is 1. The fourth-order valence-electron chi connectivity index (χ4n) is 2.93. The molecule has 128 valence electrons. The van der Waals surface area contributed by atoms with Gasteiger partial charge in [-0.2, -0.15) is 0 Å². The Hall–Kier alpha value is -1.82. The van der Waals surface area contributed by atoms with Crippen molar-refractivity contribution in [2.75, 3.05) is 39.3 Å². The molecule has 1 fully saturated rings. The smallest absolute Gasteiger partial charge is 0.257 e. The molecule has 0 saturated carbocycles. The van der Waals surface area contributed by atoms with Crippen LogP contribution in [-0.2, 0) is 4.79 Å². The Balaban J connectivity index is 1.71. The number of carbonyl (C=O) groups excluding carboxylic acids is 2. The topological polar surface area (TPSA) is 65.8 Å². The van der Waals surface area contributed by atoms with Crippen molar-refractivity contribution >= 4 is 11.8 Å². The summed E-state index contributed by atoms with van der Waals surface area (Å²) in [5, 5.41) is 3.02. The SMILES string of the molecule is CCN(CC)CCNC(=O)C1CCN(C(=O)c2ccoc2)CC1. The first-order valence-corrected chi connectivity index (χ1v) is 8.47. The minimum absolute atomic E-state index is 0.0140. The molecule has 1 N–H and O–H groups in total. The highest BCUT2D eigenvalue weighted by Crippen LogP contribution is 2.19. The molecule has 1 aliphatic heterocycles. The van der Waals surface area contributed by atoms with Crippen LogP contribution in [0.1, 0.15) is 37.0 Å². The second-order valence-electron chi connectivity index (χ2n) is 5.90. The molecule has 6 heteroatoms. The first-order valence-electron chi connectivity index (χ1n) is 8.47. The summed E-state index contributed by atoms with van der Waals surface area (Å²) >= 11 is 0. The van der Waals surface area contributed by atoms with Gasteiger partial charge in [0.2, 0.25) is 5.91 Å². The number of furan rings is 1. The van der Waals surface area contributed by atoms with Crippen LogP contribution in [0.25, 0.3) is 0 Å². The second-order valence-corrected chi connectivity index (χ2v) is 5.90. The zero-order valence-electron chi connectivity index (χ0n) is 14.1. The van der Waals surface area contributed by atoms with Crippen LogP contribution in [0, 0.1) is 5.92 Å². The van der Waals surface area contributed by atoms with Crippen LogP contribution >= 0.6 is 0 Å². The summed E-state index contributed by atoms with van der Waals surface area (Å²) in [7, 11) is 0. The van der Waals surface area contributed by atoms with Crippen molar-refractivity contribution < 1.29 is 14.0 Å². The van der Waals surface area contributed by atoms with Crippen molar-refractivity contribution in [3.05, 3.63) is 24.2 Å². The Kier molecular flexibility index (Phi) is 6.65. The number of piperidine rings is 1. The molecule has 2 amide bonds. The largest absolute Gasteiger partial charge is 0.472 e. The van der Waals surface area contributed by atoms with Crippen molar-refractivity contribution in [2.45, 2.75) is 26.7 Å². The van der Waals surface area contributed by atoms with Gasteiger partial charge in [0.1, 0.15) is 6.26 Å². The lowest BCUT2D eigenvalue weighted by atomic mass is 9.95. The van der Waals surface area contributed by atoms with Gasteiger partial charge >= 0.3 is 0 Å². The minimum atomic E-state index is -0.0147. The lowest BCUT2D eigenvalue weighted by Gasteiger charge is -2.31. The van der Waals surface area contributed by atoms with Crippen molar-refractivity contribution in [2.24, 2.45) is 5.92 Å². The number of hydrogen-bond acceptors (Lipinski definition) is 4. The maximum atomic E-state index is 12.2. The highest BCUT2D eigenvalue weighted by atomic mass is 16.3. The average molecular weight is 321 g/mol. The normalized spacial score (nSPS) is 15.9. The Morgan fingerprint density at radius 1 is 1.30 bits per heavy atom. The predicted octanol–water partition coefficient (Wildman–Crippen LogP) is 1.59. The fraction of sp³-hybridized carbons (Fsp3) is 0.647. The Morgan fingerprint density at radius 3 is 2.57 bits per heavy atom. The molecule has 2 heterocycles. The number of carbonyl (C=O) groups is 2. The van der Waals surface area contributed by atoms with Gasteiger partial charge in [-0.1, -0.05) is 13.8 Å². The van der Waals surface area contributed by atoms with Gasteiger partial charge in [-0.25, -0.2) is 0 Å². The summed E-state index contributed by atoms with van der Waals surface area (Å²) in [4.78, 5) is 28.5. The third-order valence-corrected chi connectivity index (χ3v) is 4.54. The van der Waals surface area contributed by atoms with Gasteiger partial charge in [0, 0.05) is 32.1 Å². The zero-order chi connectivity index (χ0) is 16.7. The monoisotopic (exact) mass is 321 g/mol. The van der Waals surface area contributed by atoms with Crippen LogP contribution in [-0.4, -0.2) is 60.9 Å². The molecule has 0 spiro atoms. The van der Waals surface area contributed by atoms with E-state index in [0.717, 1.165) is 32.5 Å². The molecule has 0 atom stereocenters. The number of likely N-dealkylation sites (tertiary alicyclic amines) is 1. The van der Waals surface area contributed by atoms with E-state index in [-0.39, 0.29) is 17.7 Å². The van der Waals surface area contributed by atoms with Crippen molar-refractivity contribution in [1.82, 2.24) is 15.1 Å². The molecule has 2 rings (SSSR count). The molecule has 0 aromatic carbocycles. The van der Waals surface area contributed by atoms with Gasteiger partial charge in [0.15, 0.2) is 0 Å². The average Bonchev–Trinajstić information content (AvgIpc) is 3.12. The fourth-order valence-corrected chi connectivity index (χ4v) is 2.93. The molecule has 0 unspecified atom stereocenters. The lowest BCUT2D eigenvalue weighted by Crippen LogP contribution is -2.44. The summed E-state index contributed by atoms with van der Waals surface area (Å²) < 4.78 is 4.95. The third kappa shape index (κ3) is 4.82. The maximum absolute atomic E-state index is 12.2. The Morgan fingerprint density at radius 2 is 2.00 bits per heavy atom. The predicted molar refractivity (Wildman–Crippen MR) is 88.1 cm³/mol. The third-order valence-electron chi connectivity index (χ3n) is 4.54. The standard InChI is InChI=1S/C17H27N3O3/c1-3-19(4-2)11-8-18-16(21)14-5-9-20(10-6-14)17(22)15-7-12-23-13-15/h7,12-14H,3-6,8-11H2,1-2H3,(H,18,21). The number of hydrogen-bond donors (Lipinski definition) is 1. The summed E-state index contributed by atoms with van der Waals surface area (Å²) in [5.41, 5.74) is 0.576. The van der Waals surface area contributed by atoms with Crippen molar-refractivity contribution in [1.29, 1.82) is 0 Å². The zero-order valence-corrected chi connectivity index (χ0v) is 14.1. The van der Waals surface area contributed by atoms with E-state index in [1.54, 1.807) is 11.0 Å². The van der Waals surface area contributed by atoms with Gasteiger partial charge in [-0.15, -0.1) is 0 Å². The van der Waals surface area contributed by atoms with Crippen LogP contribution in [0.5, 0.6) is 0 Å². The van der Waals surface area contributed by atoms with Crippen LogP contribution in [0.3, 0.4) is 0 Å². The molecule has 0 radical (unpaired) electrons. The quantitative estimate of drug-likeness (QED) is 0.828. The molecular formula is C17H27N3O3. The van der Waals surface area contributed by atoms with E-state index in [2.05, 4.69) is 24.1 Å². The van der Waals surface area contributed by atoms with E-state index >= 15 is 0 Å². The Labute approximate surface area is 137 Å². The summed E-state index contributed by atoms with van der Waals surface area (Å²) in [6.07, 6.45) is 4.42. The first kappa shape index (κ1) is 17.5. The van der Waals surface area contributed by atoms with Crippen LogP contribution in [0.4, 0.5) is 0 Å². The number of nitrogens with zero attached hydrogens (tertiary/aromatic N) is 2. The minimum Gasteiger partial charge on any atom is -0.472 e. The van der Waals surface area contributed by atoms with Crippen molar-refractivity contribution in [3.63, 3.8) is 0 Å². The second kappa shape index (κ2) is 8.72. The van der Waals surface area contributed by atoms with E-state index in [4.69, 9.17) is 4.42 Å². The summed E-state index contributed by atoms with van der Waals surface area (Å²) in [5.74, 6) is 0.117. The highest BCUT2D eigenvalue weighted by molar-refractivity contribution is 5.94. The molecule has 1 saturated heterocycles. The highest BCUT2D eigenvalue weighted by Gasteiger charge is 2.27. The van der Waals surface area contributed by atoms with Gasteiger partial charge in [0.05, 0.1) is 11.8 Å². The molecule has 1 aromatic rings. The molecule has 0 aliphatic carbocycles. The lowest BCUT2D eigenvalue weighted by molar-refractivity contribution is -0.126. The number of amides is 2. The van der Waals surface area contributed by atoms with Gasteiger partial charge < -0.3 is 19.5 Å². The number of rotatable bonds is 7. The molecular weight excluding hydrogens is 294 g/mol. The first-order chi connectivity index (χ1) is 11.2. The summed E-state index contributed by atoms with van der Waals surface area (Å²) in [6, 6.07) is 1.67. The molecule has 1 aromatic heterocycles. The van der Waals surface area contributed by atoms with E-state index in [0.29, 0.717) is 25.2 Å². The van der Waals surface area contributed by atoms with Gasteiger partial charge in [0.25, 0.3) is 5.91 Å². The van der Waals surface area contributed by atoms with Crippen LogP contribution < -0.4 is 5.32 Å². The maximum Gasteiger partial charge on any atom is 0.257 e. The summed E-state index contributed by atoms with van der Waals surface area (Å²) in [6.45, 7) is 9.07. The van der Waals surface area contributed by atoms with Gasteiger partial charge in [-0.05, 0) is 32.0 Å². The molecule has 1 aliphatic rings. The number of likely N-dealkylation sites (N-methyl/N-ethyl adjacent to an activating group) is 1. The van der Waals surface area contributed by atoms with Crippen LogP contribution in [0.2, 0.25) is 0 Å². The van der Waals surface area contributed by atoms with Crippen molar-refractivity contribution in [3.8, 4) is 0 Å². The van der Waals surface area contributed by atoms with Gasteiger partial charge in [-0.3, -0.25) is 9.59 Å². The molecule has 0 bridgehead atoms. The Bertz CT molecular complexity index is 489. The van der Waals surface area contributed by atoms with E-state index in [9.17, 15) is 9.59 Å². The van der Waals surface area contributed by atoms with E-state index in [1.807, 2.05) is 0 Å². The van der Waals surface area contributed by atoms with E-state index in [1.165, 1.54) is 12.5 Å². The molecule has 6 nitrogen and oxygen atoms in total. The molecule has 23 heavy (non-hydrogen) atoms.